The molecule has 0 fully saturated rings. The number of carbonyl (C=O) groups is 2. The largest absolute Gasteiger partial charge is 0.489 e. The molecule has 6 nitrogen and oxygen atoms in total. The highest BCUT2D eigenvalue weighted by Crippen LogP contribution is 2.17. The quantitative estimate of drug-likeness (QED) is 0.761. The molecule has 0 aliphatic carbocycles. The predicted octanol–water partition coefficient (Wildman–Crippen LogP) is 2.40. The van der Waals surface area contributed by atoms with Crippen LogP contribution < -0.4 is 15.8 Å². The highest BCUT2D eigenvalue weighted by molar-refractivity contribution is 5.95. The molecule has 0 aliphatic rings. The van der Waals surface area contributed by atoms with Gasteiger partial charge in [0.25, 0.3) is 0 Å². The minimum Gasteiger partial charge on any atom is -0.489 e. The molecule has 3 N–H and O–H groups in total. The van der Waals surface area contributed by atoms with Crippen LogP contribution in [-0.2, 0) is 16.2 Å². The van der Waals surface area contributed by atoms with Crippen LogP contribution >= 0.6 is 0 Å². The van der Waals surface area contributed by atoms with Crippen LogP contribution in [0.2, 0.25) is 0 Å². The summed E-state index contributed by atoms with van der Waals surface area (Å²) in [7, 11) is 3.35. The number of anilines is 1. The molecule has 0 heterocycles. The Balaban J connectivity index is 1.80. The summed E-state index contributed by atoms with van der Waals surface area (Å²) >= 11 is 0. The number of ether oxygens (including phenoxy) is 1. The summed E-state index contributed by atoms with van der Waals surface area (Å²) in [4.78, 5) is 25.1. The van der Waals surface area contributed by atoms with E-state index in [2.05, 4.69) is 5.32 Å². The van der Waals surface area contributed by atoms with Crippen molar-refractivity contribution < 1.29 is 14.3 Å². The normalized spacial score (nSPS) is 11.5. The summed E-state index contributed by atoms with van der Waals surface area (Å²) in [5, 5.41) is 2.75. The van der Waals surface area contributed by atoms with Crippen LogP contribution in [0, 0.1) is 0 Å². The first-order chi connectivity index (χ1) is 12.5. The van der Waals surface area contributed by atoms with Crippen molar-refractivity contribution in [3.05, 3.63) is 60.2 Å². The number of nitrogens with one attached hydrogen (secondary N) is 1. The fraction of sp³-hybridized carbons (Fsp3) is 0.300. The molecule has 2 aromatic carbocycles. The zero-order chi connectivity index (χ0) is 18.9. The Labute approximate surface area is 153 Å². The predicted molar refractivity (Wildman–Crippen MR) is 102 cm³/mol. The van der Waals surface area contributed by atoms with E-state index >= 15 is 0 Å². The van der Waals surface area contributed by atoms with E-state index in [-0.39, 0.29) is 18.2 Å². The third kappa shape index (κ3) is 6.22. The number of rotatable bonds is 8. The first-order valence-corrected chi connectivity index (χ1v) is 8.49. The van der Waals surface area contributed by atoms with Gasteiger partial charge in [-0.15, -0.1) is 0 Å². The number of hydrogen-bond acceptors (Lipinski definition) is 4. The smallest absolute Gasteiger partial charge is 0.241 e. The minimum absolute atomic E-state index is 0.0480. The van der Waals surface area contributed by atoms with Gasteiger partial charge in [-0.3, -0.25) is 9.59 Å². The van der Waals surface area contributed by atoms with Crippen LogP contribution in [-0.4, -0.2) is 36.9 Å². The third-order valence-electron chi connectivity index (χ3n) is 3.87. The molecule has 2 aromatic rings. The van der Waals surface area contributed by atoms with Crippen LogP contribution in [0.5, 0.6) is 5.75 Å². The van der Waals surface area contributed by atoms with Gasteiger partial charge in [0.2, 0.25) is 11.8 Å². The number of carbonyl (C=O) groups excluding carboxylic acids is 2. The summed E-state index contributed by atoms with van der Waals surface area (Å²) in [6.45, 7) is 0.483. The van der Waals surface area contributed by atoms with Crippen LogP contribution in [0.1, 0.15) is 18.4 Å². The summed E-state index contributed by atoms with van der Waals surface area (Å²) in [5.41, 5.74) is 7.57. The Kier molecular flexibility index (Phi) is 7.17. The summed E-state index contributed by atoms with van der Waals surface area (Å²) in [5.74, 6) is 0.357. The maximum atomic E-state index is 12.1. The minimum atomic E-state index is -0.729. The van der Waals surface area contributed by atoms with Crippen molar-refractivity contribution in [1.82, 2.24) is 4.90 Å². The van der Waals surface area contributed by atoms with E-state index in [1.54, 1.807) is 38.4 Å². The van der Waals surface area contributed by atoms with Gasteiger partial charge in [0.05, 0.1) is 6.04 Å². The van der Waals surface area contributed by atoms with E-state index in [1.165, 1.54) is 4.90 Å². The van der Waals surface area contributed by atoms with E-state index < -0.39 is 6.04 Å². The second kappa shape index (κ2) is 9.58. The lowest BCUT2D eigenvalue weighted by Gasteiger charge is -2.14. The maximum absolute atomic E-state index is 12.1. The van der Waals surface area contributed by atoms with Crippen molar-refractivity contribution in [3.63, 3.8) is 0 Å². The Bertz CT molecular complexity index is 715. The van der Waals surface area contributed by atoms with E-state index in [0.29, 0.717) is 24.5 Å². The van der Waals surface area contributed by atoms with Crippen molar-refractivity contribution in [2.45, 2.75) is 25.5 Å². The lowest BCUT2D eigenvalue weighted by atomic mass is 10.1. The molecule has 6 heteroatoms. The number of amides is 2. The topological polar surface area (TPSA) is 84.7 Å². The maximum Gasteiger partial charge on any atom is 0.241 e. The molecule has 2 amide bonds. The van der Waals surface area contributed by atoms with Gasteiger partial charge in [0, 0.05) is 26.2 Å². The van der Waals surface area contributed by atoms with Crippen molar-refractivity contribution in [1.29, 1.82) is 0 Å². The van der Waals surface area contributed by atoms with E-state index in [9.17, 15) is 9.59 Å². The average molecular weight is 355 g/mol. The van der Waals surface area contributed by atoms with Gasteiger partial charge in [-0.25, -0.2) is 0 Å². The zero-order valence-corrected chi connectivity index (χ0v) is 15.1. The Hall–Kier alpha value is -2.86. The Morgan fingerprint density at radius 2 is 1.73 bits per heavy atom. The van der Waals surface area contributed by atoms with Gasteiger partial charge < -0.3 is 20.7 Å². The second-order valence-electron chi connectivity index (χ2n) is 6.22. The second-order valence-corrected chi connectivity index (χ2v) is 6.22. The molecule has 0 bridgehead atoms. The van der Waals surface area contributed by atoms with Gasteiger partial charge in [0.1, 0.15) is 12.4 Å². The van der Waals surface area contributed by atoms with Crippen molar-refractivity contribution in [2.75, 3.05) is 19.4 Å². The van der Waals surface area contributed by atoms with Crippen molar-refractivity contribution >= 4 is 17.5 Å². The van der Waals surface area contributed by atoms with Crippen molar-refractivity contribution in [2.24, 2.45) is 5.73 Å². The molecular weight excluding hydrogens is 330 g/mol. The molecule has 0 saturated heterocycles. The lowest BCUT2D eigenvalue weighted by molar-refractivity contribution is -0.129. The summed E-state index contributed by atoms with van der Waals surface area (Å²) < 4.78 is 5.71. The molecule has 26 heavy (non-hydrogen) atoms. The molecule has 1 atom stereocenters. The van der Waals surface area contributed by atoms with Crippen LogP contribution in [0.25, 0.3) is 0 Å². The lowest BCUT2D eigenvalue weighted by Crippen LogP contribution is -2.36. The molecule has 0 radical (unpaired) electrons. The monoisotopic (exact) mass is 355 g/mol. The molecule has 0 saturated carbocycles. The SMILES string of the molecule is CN(C)C(=O)CC[C@H](N)C(=O)Nc1ccc(OCc2ccccc2)cc1. The van der Waals surface area contributed by atoms with Crippen LogP contribution in [0.15, 0.2) is 54.6 Å². The molecular formula is C20H25N3O3. The fourth-order valence-electron chi connectivity index (χ4n) is 2.24. The van der Waals surface area contributed by atoms with E-state index in [4.69, 9.17) is 10.5 Å². The van der Waals surface area contributed by atoms with Gasteiger partial charge in [0.15, 0.2) is 0 Å². The zero-order valence-electron chi connectivity index (χ0n) is 15.1. The highest BCUT2D eigenvalue weighted by atomic mass is 16.5. The molecule has 138 valence electrons. The van der Waals surface area contributed by atoms with Crippen molar-refractivity contribution in [3.8, 4) is 5.75 Å². The third-order valence-corrected chi connectivity index (χ3v) is 3.87. The fourth-order valence-corrected chi connectivity index (χ4v) is 2.24. The Morgan fingerprint density at radius 3 is 2.35 bits per heavy atom. The molecule has 0 aromatic heterocycles. The molecule has 0 spiro atoms. The van der Waals surface area contributed by atoms with Crippen LogP contribution in [0.4, 0.5) is 5.69 Å². The van der Waals surface area contributed by atoms with Gasteiger partial charge in [-0.2, -0.15) is 0 Å². The number of benzene rings is 2. The van der Waals surface area contributed by atoms with Gasteiger partial charge in [-0.05, 0) is 36.2 Å². The van der Waals surface area contributed by atoms with E-state index in [1.807, 2.05) is 30.3 Å². The highest BCUT2D eigenvalue weighted by Gasteiger charge is 2.16. The standard InChI is InChI=1S/C20H25N3O3/c1-23(2)19(24)13-12-18(21)20(25)22-16-8-10-17(11-9-16)26-14-15-6-4-3-5-7-15/h3-11,18H,12-14,21H2,1-2H3,(H,22,25)/t18-/m0/s1. The molecule has 2 rings (SSSR count). The number of nitrogens with two attached hydrogens (primary N) is 1. The first kappa shape index (κ1) is 19.5. The Morgan fingerprint density at radius 1 is 1.08 bits per heavy atom. The van der Waals surface area contributed by atoms with E-state index in [0.717, 1.165) is 5.56 Å². The summed E-state index contributed by atoms with van der Waals surface area (Å²) in [6, 6.07) is 16.3. The molecule has 0 aliphatic heterocycles. The number of nitrogens with zero attached hydrogens (tertiary/aromatic N) is 1. The van der Waals surface area contributed by atoms with Crippen LogP contribution in [0.3, 0.4) is 0 Å². The van der Waals surface area contributed by atoms with Gasteiger partial charge in [-0.1, -0.05) is 30.3 Å². The number of hydrogen-bond donors (Lipinski definition) is 2. The molecule has 0 unspecified atom stereocenters. The summed E-state index contributed by atoms with van der Waals surface area (Å²) in [6.07, 6.45) is 0.551. The van der Waals surface area contributed by atoms with Gasteiger partial charge >= 0.3 is 0 Å². The average Bonchev–Trinajstić information content (AvgIpc) is 2.65. The first-order valence-electron chi connectivity index (χ1n) is 8.49.